The van der Waals surface area contributed by atoms with Crippen LogP contribution in [0, 0.1) is 5.92 Å². The molecule has 3 N–H and O–H groups in total. The van der Waals surface area contributed by atoms with E-state index in [-0.39, 0.29) is 23.3 Å². The van der Waals surface area contributed by atoms with E-state index in [1.807, 2.05) is 0 Å². The fraction of sp³-hybridized carbons (Fsp3) is 1.00. The molecule has 118 valence electrons. The van der Waals surface area contributed by atoms with Crippen molar-refractivity contribution in [1.29, 1.82) is 0 Å². The Morgan fingerprint density at radius 1 is 1.20 bits per heavy atom. The highest BCUT2D eigenvalue weighted by Crippen LogP contribution is 2.36. The van der Waals surface area contributed by atoms with Crippen LogP contribution < -0.4 is 5.73 Å². The van der Waals surface area contributed by atoms with Crippen LogP contribution in [0.2, 0.25) is 0 Å². The zero-order valence-corrected chi connectivity index (χ0v) is 13.6. The molecule has 0 bridgehead atoms. The summed E-state index contributed by atoms with van der Waals surface area (Å²) in [5, 5.41) is 9.54. The Hall–Kier alpha value is -0.160. The molecule has 2 unspecified atom stereocenters. The monoisotopic (exact) mass is 284 g/mol. The van der Waals surface area contributed by atoms with Gasteiger partial charge in [0.2, 0.25) is 0 Å². The highest BCUT2D eigenvalue weighted by atomic mass is 16.5. The number of hydrogen-bond donors (Lipinski definition) is 2. The van der Waals surface area contributed by atoms with Crippen LogP contribution in [0.15, 0.2) is 0 Å². The smallest absolute Gasteiger partial charge is 0.0760 e. The minimum absolute atomic E-state index is 0.0891. The average molecular weight is 284 g/mol. The van der Waals surface area contributed by atoms with Crippen LogP contribution in [0.3, 0.4) is 0 Å². The van der Waals surface area contributed by atoms with Gasteiger partial charge in [-0.3, -0.25) is 4.90 Å². The Balaban J connectivity index is 1.90. The van der Waals surface area contributed by atoms with Crippen molar-refractivity contribution < 1.29 is 9.84 Å². The fourth-order valence-electron chi connectivity index (χ4n) is 4.25. The van der Waals surface area contributed by atoms with Crippen molar-refractivity contribution in [2.45, 2.75) is 70.1 Å². The van der Waals surface area contributed by atoms with E-state index in [2.05, 4.69) is 32.6 Å². The van der Waals surface area contributed by atoms with Gasteiger partial charge in [-0.15, -0.1) is 0 Å². The number of rotatable bonds is 4. The summed E-state index contributed by atoms with van der Waals surface area (Å²) < 4.78 is 6.12. The van der Waals surface area contributed by atoms with Crippen LogP contribution in [0.5, 0.6) is 0 Å². The standard InChI is InChI=1S/C16H32N2O2/c1-14(2)10-18(11-15(3,4)20-14)9-7-13-6-5-8-16(13,17)12-19/h13,19H,5-12,17H2,1-4H3. The van der Waals surface area contributed by atoms with Gasteiger partial charge in [0, 0.05) is 18.6 Å². The molecule has 2 rings (SSSR count). The number of nitrogens with zero attached hydrogens (tertiary/aromatic N) is 1. The third-order valence-electron chi connectivity index (χ3n) is 4.86. The molecule has 0 aromatic rings. The van der Waals surface area contributed by atoms with E-state index in [1.54, 1.807) is 0 Å². The maximum absolute atomic E-state index is 9.54. The zero-order chi connectivity index (χ0) is 15.0. The summed E-state index contributed by atoms with van der Waals surface area (Å²) in [4.78, 5) is 2.50. The van der Waals surface area contributed by atoms with Gasteiger partial charge >= 0.3 is 0 Å². The SMILES string of the molecule is CC1(C)CN(CCC2CCCC2(N)CO)CC(C)(C)O1. The lowest BCUT2D eigenvalue weighted by Gasteiger charge is -2.47. The molecular weight excluding hydrogens is 252 g/mol. The first-order chi connectivity index (χ1) is 9.16. The van der Waals surface area contributed by atoms with Crippen LogP contribution in [0.4, 0.5) is 0 Å². The van der Waals surface area contributed by atoms with Crippen molar-refractivity contribution in [3.8, 4) is 0 Å². The quantitative estimate of drug-likeness (QED) is 0.826. The number of nitrogens with two attached hydrogens (primary N) is 1. The molecule has 4 heteroatoms. The highest BCUT2D eigenvalue weighted by molar-refractivity contribution is 4.97. The third-order valence-corrected chi connectivity index (χ3v) is 4.86. The minimum atomic E-state index is -0.336. The molecule has 0 amide bonds. The minimum Gasteiger partial charge on any atom is -0.394 e. The van der Waals surface area contributed by atoms with E-state index in [4.69, 9.17) is 10.5 Å². The first-order valence-corrected chi connectivity index (χ1v) is 7.98. The molecule has 0 aromatic heterocycles. The molecule has 2 fully saturated rings. The maximum atomic E-state index is 9.54. The Morgan fingerprint density at radius 3 is 2.35 bits per heavy atom. The zero-order valence-electron chi connectivity index (χ0n) is 13.6. The van der Waals surface area contributed by atoms with E-state index in [0.29, 0.717) is 5.92 Å². The van der Waals surface area contributed by atoms with Gasteiger partial charge in [0.1, 0.15) is 0 Å². The van der Waals surface area contributed by atoms with E-state index < -0.39 is 0 Å². The van der Waals surface area contributed by atoms with Gasteiger partial charge in [-0.05, 0) is 59.4 Å². The molecule has 0 radical (unpaired) electrons. The van der Waals surface area contributed by atoms with Gasteiger partial charge in [-0.2, -0.15) is 0 Å². The number of morpholine rings is 1. The molecule has 1 saturated carbocycles. The first kappa shape index (κ1) is 16.2. The van der Waals surface area contributed by atoms with Crippen molar-refractivity contribution >= 4 is 0 Å². The summed E-state index contributed by atoms with van der Waals surface area (Å²) in [5.74, 6) is 0.460. The topological polar surface area (TPSA) is 58.7 Å². The Labute approximate surface area is 123 Å². The highest BCUT2D eigenvalue weighted by Gasteiger charge is 2.41. The largest absolute Gasteiger partial charge is 0.394 e. The van der Waals surface area contributed by atoms with Crippen molar-refractivity contribution in [3.05, 3.63) is 0 Å². The summed E-state index contributed by atoms with van der Waals surface area (Å²) in [7, 11) is 0. The summed E-state index contributed by atoms with van der Waals surface area (Å²) in [5.41, 5.74) is 5.82. The van der Waals surface area contributed by atoms with Crippen LogP contribution in [0.25, 0.3) is 0 Å². The normalized spacial score (nSPS) is 37.2. The van der Waals surface area contributed by atoms with Crippen LogP contribution in [-0.2, 0) is 4.74 Å². The van der Waals surface area contributed by atoms with Gasteiger partial charge in [0.25, 0.3) is 0 Å². The number of aliphatic hydroxyl groups excluding tert-OH is 1. The van der Waals surface area contributed by atoms with Crippen molar-refractivity contribution in [1.82, 2.24) is 4.90 Å². The molecule has 1 aliphatic carbocycles. The lowest BCUT2D eigenvalue weighted by Crippen LogP contribution is -2.57. The lowest BCUT2D eigenvalue weighted by molar-refractivity contribution is -0.180. The van der Waals surface area contributed by atoms with E-state index in [9.17, 15) is 5.11 Å². The Kier molecular flexibility index (Phi) is 4.51. The second kappa shape index (κ2) is 5.56. The van der Waals surface area contributed by atoms with Gasteiger partial charge in [-0.25, -0.2) is 0 Å². The maximum Gasteiger partial charge on any atom is 0.0760 e. The molecule has 1 aliphatic heterocycles. The predicted molar refractivity (Wildman–Crippen MR) is 81.6 cm³/mol. The number of ether oxygens (including phenoxy) is 1. The lowest BCUT2D eigenvalue weighted by atomic mass is 9.86. The molecular formula is C16H32N2O2. The average Bonchev–Trinajstić information content (AvgIpc) is 2.65. The summed E-state index contributed by atoms with van der Waals surface area (Å²) >= 11 is 0. The molecule has 1 saturated heterocycles. The summed E-state index contributed by atoms with van der Waals surface area (Å²) in [6, 6.07) is 0. The number of hydrogen-bond acceptors (Lipinski definition) is 4. The van der Waals surface area contributed by atoms with Gasteiger partial charge < -0.3 is 15.6 Å². The Bertz CT molecular complexity index is 327. The van der Waals surface area contributed by atoms with Gasteiger partial charge in [0.05, 0.1) is 17.8 Å². The molecule has 20 heavy (non-hydrogen) atoms. The van der Waals surface area contributed by atoms with Crippen molar-refractivity contribution in [2.24, 2.45) is 11.7 Å². The first-order valence-electron chi connectivity index (χ1n) is 7.98. The molecule has 4 nitrogen and oxygen atoms in total. The molecule has 1 heterocycles. The van der Waals surface area contributed by atoms with Crippen molar-refractivity contribution in [2.75, 3.05) is 26.2 Å². The molecule has 2 aliphatic rings. The molecule has 0 aromatic carbocycles. The molecule has 0 spiro atoms. The summed E-state index contributed by atoms with van der Waals surface area (Å²) in [6.07, 6.45) is 4.37. The fourth-order valence-corrected chi connectivity index (χ4v) is 4.25. The Morgan fingerprint density at radius 2 is 1.80 bits per heavy atom. The second-order valence-corrected chi connectivity index (χ2v) is 8.10. The van der Waals surface area contributed by atoms with Crippen LogP contribution in [-0.4, -0.2) is 53.0 Å². The predicted octanol–water partition coefficient (Wildman–Crippen LogP) is 1.76. The van der Waals surface area contributed by atoms with Gasteiger partial charge in [0.15, 0.2) is 0 Å². The van der Waals surface area contributed by atoms with E-state index in [1.165, 1.54) is 0 Å². The van der Waals surface area contributed by atoms with Gasteiger partial charge in [-0.1, -0.05) is 6.42 Å². The van der Waals surface area contributed by atoms with Crippen molar-refractivity contribution in [3.63, 3.8) is 0 Å². The van der Waals surface area contributed by atoms with E-state index >= 15 is 0 Å². The second-order valence-electron chi connectivity index (χ2n) is 8.10. The third kappa shape index (κ3) is 3.73. The summed E-state index contributed by atoms with van der Waals surface area (Å²) in [6.45, 7) is 11.8. The number of aliphatic hydroxyl groups is 1. The van der Waals surface area contributed by atoms with Crippen LogP contribution in [0.1, 0.15) is 53.4 Å². The van der Waals surface area contributed by atoms with Crippen LogP contribution >= 0.6 is 0 Å². The van der Waals surface area contributed by atoms with E-state index in [0.717, 1.165) is 45.3 Å². The molecule has 2 atom stereocenters.